The van der Waals surface area contributed by atoms with Gasteiger partial charge in [0.2, 0.25) is 5.95 Å². The summed E-state index contributed by atoms with van der Waals surface area (Å²) in [6, 6.07) is 4.04. The van der Waals surface area contributed by atoms with Gasteiger partial charge in [-0.3, -0.25) is 15.2 Å². The predicted octanol–water partition coefficient (Wildman–Crippen LogP) is 2.97. The van der Waals surface area contributed by atoms with Gasteiger partial charge in [0, 0.05) is 5.92 Å². The van der Waals surface area contributed by atoms with Crippen molar-refractivity contribution in [2.45, 2.75) is 19.8 Å². The highest BCUT2D eigenvalue weighted by molar-refractivity contribution is 6.34. The monoisotopic (exact) mass is 282 g/mol. The van der Waals surface area contributed by atoms with Gasteiger partial charge in [0.1, 0.15) is 11.6 Å². The highest BCUT2D eigenvalue weighted by atomic mass is 35.5. The second-order valence-electron chi connectivity index (χ2n) is 4.25. The average molecular weight is 283 g/mol. The van der Waals surface area contributed by atoms with Gasteiger partial charge in [0.25, 0.3) is 5.91 Å². The van der Waals surface area contributed by atoms with E-state index < -0.39 is 11.7 Å². The number of rotatable bonds is 3. The molecule has 0 spiro atoms. The van der Waals surface area contributed by atoms with Crippen LogP contribution in [0.1, 0.15) is 35.9 Å². The number of aromatic nitrogens is 3. The zero-order valence-electron chi connectivity index (χ0n) is 10.4. The molecule has 1 aromatic carbocycles. The topological polar surface area (TPSA) is 70.7 Å². The molecule has 5 nitrogen and oxygen atoms in total. The molecule has 1 aromatic heterocycles. The van der Waals surface area contributed by atoms with E-state index in [2.05, 4.69) is 20.5 Å². The average Bonchev–Trinajstić information content (AvgIpc) is 2.77. The smallest absolute Gasteiger partial charge is 0.262 e. The van der Waals surface area contributed by atoms with Crippen molar-refractivity contribution < 1.29 is 9.18 Å². The van der Waals surface area contributed by atoms with E-state index in [1.54, 1.807) is 0 Å². The summed E-state index contributed by atoms with van der Waals surface area (Å²) in [5.41, 5.74) is -0.222. The summed E-state index contributed by atoms with van der Waals surface area (Å²) in [7, 11) is 0. The van der Waals surface area contributed by atoms with Gasteiger partial charge in [-0.1, -0.05) is 31.5 Å². The van der Waals surface area contributed by atoms with Gasteiger partial charge in [0.15, 0.2) is 0 Å². The third-order valence-corrected chi connectivity index (χ3v) is 2.78. The number of aromatic amines is 1. The Morgan fingerprint density at radius 2 is 2.21 bits per heavy atom. The lowest BCUT2D eigenvalue weighted by Gasteiger charge is -2.04. The van der Waals surface area contributed by atoms with E-state index in [1.165, 1.54) is 12.1 Å². The number of nitrogens with zero attached hydrogens (tertiary/aromatic N) is 2. The number of H-pyrrole nitrogens is 1. The summed E-state index contributed by atoms with van der Waals surface area (Å²) in [6.07, 6.45) is 0. The first-order valence-corrected chi connectivity index (χ1v) is 6.04. The molecule has 19 heavy (non-hydrogen) atoms. The Morgan fingerprint density at radius 3 is 2.79 bits per heavy atom. The van der Waals surface area contributed by atoms with Crippen molar-refractivity contribution in [1.29, 1.82) is 0 Å². The summed E-state index contributed by atoms with van der Waals surface area (Å²) < 4.78 is 13.5. The Kier molecular flexibility index (Phi) is 3.80. The van der Waals surface area contributed by atoms with Crippen LogP contribution < -0.4 is 5.32 Å². The Balaban J connectivity index is 2.21. The van der Waals surface area contributed by atoms with Gasteiger partial charge >= 0.3 is 0 Å². The lowest BCUT2D eigenvalue weighted by molar-refractivity contribution is 0.102. The SMILES string of the molecule is CC(C)c1nc(NC(=O)c2c(F)cccc2Cl)n[nH]1. The molecule has 0 saturated heterocycles. The lowest BCUT2D eigenvalue weighted by Crippen LogP contribution is -2.15. The highest BCUT2D eigenvalue weighted by Gasteiger charge is 2.17. The fraction of sp³-hybridized carbons (Fsp3) is 0.250. The number of hydrogen-bond donors (Lipinski definition) is 2. The van der Waals surface area contributed by atoms with E-state index in [0.29, 0.717) is 5.82 Å². The fourth-order valence-corrected chi connectivity index (χ4v) is 1.72. The molecule has 0 aliphatic rings. The van der Waals surface area contributed by atoms with Crippen LogP contribution in [0.25, 0.3) is 0 Å². The standard InChI is InChI=1S/C12H12ClFN4O/c1-6(2)10-15-12(18-17-10)16-11(19)9-7(13)4-3-5-8(9)14/h3-6H,1-2H3,(H2,15,16,17,18,19). The molecule has 100 valence electrons. The second kappa shape index (κ2) is 5.36. The lowest BCUT2D eigenvalue weighted by atomic mass is 10.2. The Morgan fingerprint density at radius 1 is 1.47 bits per heavy atom. The number of hydrogen-bond acceptors (Lipinski definition) is 3. The normalized spacial score (nSPS) is 10.8. The minimum absolute atomic E-state index is 0.0390. The van der Waals surface area contributed by atoms with E-state index >= 15 is 0 Å². The molecule has 0 fully saturated rings. The van der Waals surface area contributed by atoms with E-state index in [0.717, 1.165) is 6.07 Å². The number of nitrogens with one attached hydrogen (secondary N) is 2. The molecular weight excluding hydrogens is 271 g/mol. The van der Waals surface area contributed by atoms with Crippen LogP contribution in [0, 0.1) is 5.82 Å². The van der Waals surface area contributed by atoms with Crippen LogP contribution >= 0.6 is 11.6 Å². The Labute approximate surface area is 114 Å². The van der Waals surface area contributed by atoms with Crippen molar-refractivity contribution in [3.63, 3.8) is 0 Å². The maximum atomic E-state index is 13.5. The molecule has 1 heterocycles. The number of benzene rings is 1. The molecule has 0 radical (unpaired) electrons. The number of anilines is 1. The summed E-state index contributed by atoms with van der Waals surface area (Å²) >= 11 is 5.80. The first-order valence-electron chi connectivity index (χ1n) is 5.66. The summed E-state index contributed by atoms with van der Waals surface area (Å²) in [5, 5.41) is 8.95. The summed E-state index contributed by atoms with van der Waals surface area (Å²) in [4.78, 5) is 16.0. The maximum absolute atomic E-state index is 13.5. The molecule has 7 heteroatoms. The van der Waals surface area contributed by atoms with Crippen LogP contribution in [0.4, 0.5) is 10.3 Å². The van der Waals surface area contributed by atoms with Crippen molar-refractivity contribution in [2.24, 2.45) is 0 Å². The number of amides is 1. The van der Waals surface area contributed by atoms with Crippen LogP contribution in [0.3, 0.4) is 0 Å². The van der Waals surface area contributed by atoms with Gasteiger partial charge in [-0.05, 0) is 12.1 Å². The molecule has 2 N–H and O–H groups in total. The Bertz CT molecular complexity index is 591. The molecule has 0 bridgehead atoms. The van der Waals surface area contributed by atoms with Gasteiger partial charge < -0.3 is 0 Å². The number of carbonyl (C=O) groups excluding carboxylic acids is 1. The van der Waals surface area contributed by atoms with Gasteiger partial charge in [-0.2, -0.15) is 4.98 Å². The van der Waals surface area contributed by atoms with Crippen molar-refractivity contribution in [2.75, 3.05) is 5.32 Å². The summed E-state index contributed by atoms with van der Waals surface area (Å²) in [6.45, 7) is 3.86. The van der Waals surface area contributed by atoms with E-state index in [-0.39, 0.29) is 22.5 Å². The zero-order valence-corrected chi connectivity index (χ0v) is 11.1. The van der Waals surface area contributed by atoms with E-state index in [4.69, 9.17) is 11.6 Å². The molecular formula is C12H12ClFN4O. The van der Waals surface area contributed by atoms with Gasteiger partial charge in [-0.15, -0.1) is 5.10 Å². The quantitative estimate of drug-likeness (QED) is 0.909. The minimum Gasteiger partial charge on any atom is -0.289 e. The van der Waals surface area contributed by atoms with Crippen LogP contribution in [-0.2, 0) is 0 Å². The summed E-state index contributed by atoms with van der Waals surface area (Å²) in [5.74, 6) is -0.500. The number of carbonyl (C=O) groups is 1. The molecule has 0 saturated carbocycles. The zero-order chi connectivity index (χ0) is 14.0. The van der Waals surface area contributed by atoms with Crippen molar-refractivity contribution >= 4 is 23.5 Å². The van der Waals surface area contributed by atoms with E-state index in [9.17, 15) is 9.18 Å². The van der Waals surface area contributed by atoms with E-state index in [1.807, 2.05) is 13.8 Å². The second-order valence-corrected chi connectivity index (χ2v) is 4.66. The van der Waals surface area contributed by atoms with Crippen molar-refractivity contribution in [3.05, 3.63) is 40.4 Å². The van der Waals surface area contributed by atoms with Gasteiger partial charge in [0.05, 0.1) is 10.6 Å². The van der Waals surface area contributed by atoms with Crippen LogP contribution in [-0.4, -0.2) is 21.1 Å². The molecule has 0 atom stereocenters. The molecule has 0 aliphatic carbocycles. The third kappa shape index (κ3) is 2.90. The molecule has 0 unspecified atom stereocenters. The first-order chi connectivity index (χ1) is 8.99. The molecule has 0 aliphatic heterocycles. The molecule has 2 rings (SSSR count). The molecule has 1 amide bonds. The van der Waals surface area contributed by atoms with Crippen LogP contribution in [0.15, 0.2) is 18.2 Å². The molecule has 2 aromatic rings. The van der Waals surface area contributed by atoms with Gasteiger partial charge in [-0.25, -0.2) is 4.39 Å². The Hall–Kier alpha value is -1.95. The third-order valence-electron chi connectivity index (χ3n) is 2.46. The first kappa shape index (κ1) is 13.5. The number of halogens is 2. The minimum atomic E-state index is -0.690. The van der Waals surface area contributed by atoms with Crippen molar-refractivity contribution in [3.8, 4) is 0 Å². The highest BCUT2D eigenvalue weighted by Crippen LogP contribution is 2.20. The van der Waals surface area contributed by atoms with Crippen LogP contribution in [0.2, 0.25) is 5.02 Å². The fourth-order valence-electron chi connectivity index (χ4n) is 1.47. The van der Waals surface area contributed by atoms with Crippen LogP contribution in [0.5, 0.6) is 0 Å². The predicted molar refractivity (Wildman–Crippen MR) is 69.8 cm³/mol. The largest absolute Gasteiger partial charge is 0.289 e. The van der Waals surface area contributed by atoms with Crippen molar-refractivity contribution in [1.82, 2.24) is 15.2 Å². The maximum Gasteiger partial charge on any atom is 0.262 e.